The first-order valence-corrected chi connectivity index (χ1v) is 8.69. The number of carbonyl (C=O) groups is 1. The molecule has 2 aromatic heterocycles. The number of fused-ring (bicyclic) bond motifs is 1. The molecule has 1 atom stereocenters. The number of rotatable bonds is 3. The molecular weight excluding hydrogens is 330 g/mol. The average molecular weight is 351 g/mol. The van der Waals surface area contributed by atoms with Crippen molar-refractivity contribution in [3.8, 4) is 0 Å². The van der Waals surface area contributed by atoms with Crippen LogP contribution >= 0.6 is 0 Å². The molecule has 1 fully saturated rings. The van der Waals surface area contributed by atoms with Crippen LogP contribution in [0.1, 0.15) is 22.9 Å². The molecule has 1 aliphatic rings. The number of amides is 1. The Balaban J connectivity index is 1.49. The number of hydrogen-bond donors (Lipinski definition) is 1. The van der Waals surface area contributed by atoms with E-state index >= 15 is 0 Å². The molecule has 26 heavy (non-hydrogen) atoms. The minimum absolute atomic E-state index is 0.0606. The summed E-state index contributed by atoms with van der Waals surface area (Å²) in [4.78, 5) is 18.9. The van der Waals surface area contributed by atoms with Gasteiger partial charge in [0.15, 0.2) is 0 Å². The maximum atomic E-state index is 12.8. The van der Waals surface area contributed by atoms with Gasteiger partial charge in [-0.3, -0.25) is 4.79 Å². The summed E-state index contributed by atoms with van der Waals surface area (Å²) >= 11 is 0. The fourth-order valence-corrected chi connectivity index (χ4v) is 3.31. The second-order valence-electron chi connectivity index (χ2n) is 6.62. The number of carbonyl (C=O) groups excluding carboxylic acids is 1. The molecule has 0 saturated carbocycles. The number of pyridine rings is 1. The Morgan fingerprint density at radius 2 is 2.23 bits per heavy atom. The van der Waals surface area contributed by atoms with Gasteiger partial charge in [-0.2, -0.15) is 0 Å². The fourth-order valence-electron chi connectivity index (χ4n) is 3.31. The fraction of sp³-hybridized carbons (Fsp3) is 0.300. The average Bonchev–Trinajstić information content (AvgIpc) is 3.03. The van der Waals surface area contributed by atoms with Gasteiger partial charge in [-0.05, 0) is 30.7 Å². The molecule has 1 unspecified atom stereocenters. The summed E-state index contributed by atoms with van der Waals surface area (Å²) < 4.78 is 11.4. The smallest absolute Gasteiger partial charge is 0.227 e. The molecule has 6 nitrogen and oxygen atoms in total. The quantitative estimate of drug-likeness (QED) is 0.785. The third-order valence-electron chi connectivity index (χ3n) is 4.69. The predicted octanol–water partition coefficient (Wildman–Crippen LogP) is 2.86. The maximum Gasteiger partial charge on any atom is 0.227 e. The summed E-state index contributed by atoms with van der Waals surface area (Å²) in [6.07, 6.45) is 1.74. The van der Waals surface area contributed by atoms with E-state index in [1.165, 1.54) is 0 Å². The molecule has 3 aromatic rings. The van der Waals surface area contributed by atoms with Gasteiger partial charge in [0.25, 0.3) is 0 Å². The molecule has 134 valence electrons. The predicted molar refractivity (Wildman–Crippen MR) is 98.6 cm³/mol. The van der Waals surface area contributed by atoms with E-state index in [4.69, 9.17) is 14.9 Å². The van der Waals surface area contributed by atoms with E-state index < -0.39 is 0 Å². The Kier molecular flexibility index (Phi) is 4.34. The van der Waals surface area contributed by atoms with Gasteiger partial charge in [0, 0.05) is 17.5 Å². The first-order valence-electron chi connectivity index (χ1n) is 8.69. The van der Waals surface area contributed by atoms with Crippen molar-refractivity contribution in [3.05, 3.63) is 59.5 Å². The van der Waals surface area contributed by atoms with E-state index in [1.54, 1.807) is 12.3 Å². The number of aryl methyl sites for hydroxylation is 1. The lowest BCUT2D eigenvalue weighted by atomic mass is 10.1. The van der Waals surface area contributed by atoms with Gasteiger partial charge in [-0.25, -0.2) is 4.98 Å². The van der Waals surface area contributed by atoms with Crippen molar-refractivity contribution < 1.29 is 13.9 Å². The van der Waals surface area contributed by atoms with Crippen molar-refractivity contribution >= 4 is 22.7 Å². The van der Waals surface area contributed by atoms with Gasteiger partial charge in [0.2, 0.25) is 5.91 Å². The lowest BCUT2D eigenvalue weighted by Gasteiger charge is -2.32. The number of anilines is 1. The molecule has 2 N–H and O–H groups in total. The second kappa shape index (κ2) is 6.80. The normalized spacial score (nSPS) is 17.6. The summed E-state index contributed by atoms with van der Waals surface area (Å²) in [6, 6.07) is 11.5. The van der Waals surface area contributed by atoms with Crippen LogP contribution in [0.4, 0.5) is 5.82 Å². The summed E-state index contributed by atoms with van der Waals surface area (Å²) in [5.74, 6) is 0.514. The Bertz CT molecular complexity index is 950. The van der Waals surface area contributed by atoms with Crippen molar-refractivity contribution in [1.29, 1.82) is 0 Å². The van der Waals surface area contributed by atoms with Gasteiger partial charge in [0.1, 0.15) is 17.5 Å². The number of nitrogens with two attached hydrogens (primary N) is 1. The molecule has 1 aliphatic heterocycles. The van der Waals surface area contributed by atoms with Crippen LogP contribution in [0, 0.1) is 6.92 Å². The van der Waals surface area contributed by atoms with Crippen LogP contribution in [0.2, 0.25) is 0 Å². The number of nitrogen functional groups attached to an aromatic ring is 1. The largest absolute Gasteiger partial charge is 0.464 e. The Labute approximate surface area is 151 Å². The molecule has 4 rings (SSSR count). The van der Waals surface area contributed by atoms with Gasteiger partial charge in [-0.15, -0.1) is 0 Å². The topological polar surface area (TPSA) is 81.6 Å². The lowest BCUT2D eigenvalue weighted by Crippen LogP contribution is -2.43. The number of benzene rings is 1. The van der Waals surface area contributed by atoms with Gasteiger partial charge in [-0.1, -0.05) is 18.2 Å². The Morgan fingerprint density at radius 1 is 1.35 bits per heavy atom. The number of nitrogens with zero attached hydrogens (tertiary/aromatic N) is 2. The monoisotopic (exact) mass is 351 g/mol. The first kappa shape index (κ1) is 16.6. The van der Waals surface area contributed by atoms with Crippen molar-refractivity contribution in [2.75, 3.05) is 25.4 Å². The molecule has 0 spiro atoms. The Morgan fingerprint density at radius 3 is 3.08 bits per heavy atom. The van der Waals surface area contributed by atoms with E-state index in [0.717, 1.165) is 27.8 Å². The zero-order valence-corrected chi connectivity index (χ0v) is 14.6. The molecule has 6 heteroatoms. The van der Waals surface area contributed by atoms with E-state index in [0.29, 0.717) is 31.9 Å². The van der Waals surface area contributed by atoms with Crippen LogP contribution in [-0.2, 0) is 16.0 Å². The van der Waals surface area contributed by atoms with E-state index in [9.17, 15) is 4.79 Å². The third-order valence-corrected chi connectivity index (χ3v) is 4.69. The van der Waals surface area contributed by atoms with Gasteiger partial charge < -0.3 is 19.8 Å². The summed E-state index contributed by atoms with van der Waals surface area (Å²) in [5, 5.41) is 0.992. The van der Waals surface area contributed by atoms with Gasteiger partial charge in [0.05, 0.1) is 31.5 Å². The highest BCUT2D eigenvalue weighted by Gasteiger charge is 2.27. The van der Waals surface area contributed by atoms with Crippen LogP contribution in [-0.4, -0.2) is 35.5 Å². The van der Waals surface area contributed by atoms with Crippen LogP contribution in [0.3, 0.4) is 0 Å². The minimum Gasteiger partial charge on any atom is -0.464 e. The Hall–Kier alpha value is -2.86. The standard InChI is InChI=1S/C20H21N3O3/c1-13-5-6-15-14(12-26-17(15)9-13)10-20(24)23-7-8-25-18(11-23)16-3-2-4-19(21)22-16/h2-6,9,12,18H,7-8,10-11H2,1H3,(H2,21,22). The van der Waals surface area contributed by atoms with Crippen LogP contribution < -0.4 is 5.73 Å². The number of morpholine rings is 1. The summed E-state index contributed by atoms with van der Waals surface area (Å²) in [6.45, 7) is 3.56. The molecule has 0 radical (unpaired) electrons. The highest BCUT2D eigenvalue weighted by Crippen LogP contribution is 2.25. The molecule has 0 aliphatic carbocycles. The van der Waals surface area contributed by atoms with E-state index in [1.807, 2.05) is 42.2 Å². The maximum absolute atomic E-state index is 12.8. The zero-order chi connectivity index (χ0) is 18.1. The third kappa shape index (κ3) is 3.28. The molecule has 1 saturated heterocycles. The van der Waals surface area contributed by atoms with Crippen LogP contribution in [0.15, 0.2) is 47.1 Å². The van der Waals surface area contributed by atoms with Crippen molar-refractivity contribution in [1.82, 2.24) is 9.88 Å². The minimum atomic E-state index is -0.250. The van der Waals surface area contributed by atoms with Crippen LogP contribution in [0.25, 0.3) is 11.0 Å². The molecule has 0 bridgehead atoms. The summed E-state index contributed by atoms with van der Waals surface area (Å²) in [7, 11) is 0. The SMILES string of the molecule is Cc1ccc2c(CC(=O)N3CCOC(c4cccc(N)n4)C3)coc2c1. The number of hydrogen-bond acceptors (Lipinski definition) is 5. The summed E-state index contributed by atoms with van der Waals surface area (Å²) in [5.41, 5.74) is 9.38. The van der Waals surface area contributed by atoms with Crippen LogP contribution in [0.5, 0.6) is 0 Å². The van der Waals surface area contributed by atoms with Crippen molar-refractivity contribution in [2.45, 2.75) is 19.4 Å². The highest BCUT2D eigenvalue weighted by atomic mass is 16.5. The number of ether oxygens (including phenoxy) is 1. The van der Waals surface area contributed by atoms with Crippen molar-refractivity contribution in [3.63, 3.8) is 0 Å². The molecule has 1 amide bonds. The molecule has 3 heterocycles. The molecule has 1 aromatic carbocycles. The number of aromatic nitrogens is 1. The second-order valence-corrected chi connectivity index (χ2v) is 6.62. The van der Waals surface area contributed by atoms with Gasteiger partial charge >= 0.3 is 0 Å². The van der Waals surface area contributed by atoms with Crippen molar-refractivity contribution in [2.24, 2.45) is 0 Å². The highest BCUT2D eigenvalue weighted by molar-refractivity contribution is 5.88. The number of furan rings is 1. The lowest BCUT2D eigenvalue weighted by molar-refractivity contribution is -0.138. The van der Waals surface area contributed by atoms with E-state index in [-0.39, 0.29) is 12.0 Å². The first-order chi connectivity index (χ1) is 12.6. The molecular formula is C20H21N3O3. The zero-order valence-electron chi connectivity index (χ0n) is 14.6. The van der Waals surface area contributed by atoms with E-state index in [2.05, 4.69) is 4.98 Å².